The number of nitrogens with one attached hydrogen (secondary N) is 1. The first kappa shape index (κ1) is 37.1. The molecular weight excluding hydrogens is 748 g/mol. The highest BCUT2D eigenvalue weighted by Gasteiger charge is 2.41. The molecule has 1 unspecified atom stereocenters. The average Bonchev–Trinajstić information content (AvgIpc) is 3.53. The zero-order valence-corrected chi connectivity index (χ0v) is 31.1. The van der Waals surface area contributed by atoms with Crippen LogP contribution in [0.5, 0.6) is 23.0 Å². The Morgan fingerprint density at radius 1 is 1.02 bits per heavy atom. The predicted molar refractivity (Wildman–Crippen MR) is 194 cm³/mol. The summed E-state index contributed by atoms with van der Waals surface area (Å²) in [6.07, 6.45) is 1.52. The number of halogens is 1. The smallest absolute Gasteiger partial charge is 0.348 e. The van der Waals surface area contributed by atoms with Gasteiger partial charge in [-0.3, -0.25) is 9.69 Å². The fourth-order valence-electron chi connectivity index (χ4n) is 6.15. The van der Waals surface area contributed by atoms with Crippen LogP contribution in [0.15, 0.2) is 86.9 Å². The first-order valence-electron chi connectivity index (χ1n) is 15.8. The number of methoxy groups -OCH3 is 2. The predicted octanol–water partition coefficient (Wildman–Crippen LogP) is 5.74. The molecule has 5 rings (SSSR count). The van der Waals surface area contributed by atoms with Crippen molar-refractivity contribution >= 4 is 55.0 Å². The maximum absolute atomic E-state index is 14.1. The van der Waals surface area contributed by atoms with Crippen molar-refractivity contribution in [2.24, 2.45) is 5.73 Å². The molecule has 0 radical (unpaired) electrons. The highest BCUT2D eigenvalue weighted by molar-refractivity contribution is 9.11. The standard InChI is InChI=1S/C35H39BrN4O8S2/c1-40(21-24-8-15-30(46-2)31(20-24)47-3)18-4-5-26(22-40)39(34(42)29(37)19-23-6-11-27(41)12-7-23)35(43)38-25-9-13-28(14-10-25)48-50(44,45)33-17-16-32(36)49-33/h6-17,20,26,29H,4-5,18-19,21-22,37H2,1-3H3,(H-,38,41,43)/p+1/t26-,29-,40?/m0/s1. The Bertz CT molecular complexity index is 1920. The summed E-state index contributed by atoms with van der Waals surface area (Å²) in [5.41, 5.74) is 8.56. The van der Waals surface area contributed by atoms with E-state index < -0.39 is 34.1 Å². The van der Waals surface area contributed by atoms with Gasteiger partial charge in [-0.05, 0) is 107 Å². The minimum Gasteiger partial charge on any atom is -0.508 e. The lowest BCUT2D eigenvalue weighted by Crippen LogP contribution is -2.62. The lowest BCUT2D eigenvalue weighted by molar-refractivity contribution is -0.928. The minimum absolute atomic E-state index is 0.0450. The summed E-state index contributed by atoms with van der Waals surface area (Å²) in [6.45, 7) is 1.95. The van der Waals surface area contributed by atoms with Crippen molar-refractivity contribution < 1.29 is 41.3 Å². The van der Waals surface area contributed by atoms with Crippen LogP contribution in [-0.4, -0.2) is 81.3 Å². The van der Waals surface area contributed by atoms with Gasteiger partial charge in [-0.25, -0.2) is 4.79 Å². The van der Waals surface area contributed by atoms with Gasteiger partial charge in [0.1, 0.15) is 24.6 Å². The van der Waals surface area contributed by atoms with Gasteiger partial charge in [0.25, 0.3) is 0 Å². The Labute approximate surface area is 304 Å². The molecule has 0 spiro atoms. The van der Waals surface area contributed by atoms with Crippen molar-refractivity contribution in [1.82, 2.24) is 4.90 Å². The van der Waals surface area contributed by atoms with E-state index in [0.29, 0.717) is 45.0 Å². The van der Waals surface area contributed by atoms with E-state index in [1.54, 1.807) is 32.4 Å². The lowest BCUT2D eigenvalue weighted by Gasteiger charge is -2.44. The molecule has 0 saturated carbocycles. The Kier molecular flexibility index (Phi) is 11.7. The van der Waals surface area contributed by atoms with Gasteiger partial charge in [0.15, 0.2) is 15.7 Å². The number of ether oxygens (including phenoxy) is 2. The number of hydrogen-bond acceptors (Lipinski definition) is 10. The van der Waals surface area contributed by atoms with Crippen LogP contribution in [0.1, 0.15) is 24.0 Å². The number of thiophene rings is 1. The molecule has 12 nitrogen and oxygen atoms in total. The molecule has 1 fully saturated rings. The zero-order chi connectivity index (χ0) is 36.1. The number of phenolic OH excluding ortho intramolecular Hbond substituents is 1. The molecule has 3 amide bonds. The van der Waals surface area contributed by atoms with E-state index in [-0.39, 0.29) is 22.1 Å². The van der Waals surface area contributed by atoms with Crippen LogP contribution < -0.4 is 24.7 Å². The lowest BCUT2D eigenvalue weighted by atomic mass is 9.98. The Morgan fingerprint density at radius 2 is 1.70 bits per heavy atom. The number of rotatable bonds is 12. The third-order valence-electron chi connectivity index (χ3n) is 8.54. The topological polar surface area (TPSA) is 157 Å². The number of nitrogens with zero attached hydrogens (tertiary/aromatic N) is 2. The van der Waals surface area contributed by atoms with Gasteiger partial charge < -0.3 is 34.3 Å². The number of imide groups is 1. The quantitative estimate of drug-likeness (QED) is 0.120. The first-order valence-corrected chi connectivity index (χ1v) is 18.8. The molecule has 2 heterocycles. The number of amides is 3. The van der Waals surface area contributed by atoms with E-state index in [0.717, 1.165) is 35.4 Å². The number of benzene rings is 3. The van der Waals surface area contributed by atoms with Gasteiger partial charge in [0.05, 0.1) is 43.7 Å². The normalized spacial score (nSPS) is 18.1. The number of anilines is 1. The second kappa shape index (κ2) is 15.8. The van der Waals surface area contributed by atoms with Gasteiger partial charge in [-0.2, -0.15) is 8.42 Å². The van der Waals surface area contributed by atoms with E-state index in [4.69, 9.17) is 19.4 Å². The Morgan fingerprint density at radius 3 is 2.34 bits per heavy atom. The summed E-state index contributed by atoms with van der Waals surface area (Å²) in [6, 6.07) is 19.0. The number of likely N-dealkylation sites (tertiary alicyclic amines) is 1. The fraction of sp³-hybridized carbons (Fsp3) is 0.314. The fourth-order valence-corrected chi connectivity index (χ4v) is 9.05. The molecule has 266 valence electrons. The maximum Gasteiger partial charge on any atom is 0.348 e. The molecule has 1 aliphatic heterocycles. The van der Waals surface area contributed by atoms with Gasteiger partial charge in [-0.1, -0.05) is 12.1 Å². The average molecular weight is 789 g/mol. The summed E-state index contributed by atoms with van der Waals surface area (Å²) >= 11 is 4.28. The number of aromatic hydroxyl groups is 1. The van der Waals surface area contributed by atoms with Crippen molar-refractivity contribution in [2.75, 3.05) is 39.7 Å². The summed E-state index contributed by atoms with van der Waals surface area (Å²) in [5, 5.41) is 12.5. The largest absolute Gasteiger partial charge is 0.508 e. The number of piperidine rings is 1. The third-order valence-corrected chi connectivity index (χ3v) is 11.9. The molecular formula is C35H40BrN4O8S2+. The van der Waals surface area contributed by atoms with Crippen molar-refractivity contribution in [2.45, 2.75) is 42.1 Å². The van der Waals surface area contributed by atoms with E-state index >= 15 is 0 Å². The van der Waals surface area contributed by atoms with Crippen LogP contribution in [0.3, 0.4) is 0 Å². The molecule has 15 heteroatoms. The summed E-state index contributed by atoms with van der Waals surface area (Å²) in [5.74, 6) is 0.871. The second-order valence-electron chi connectivity index (χ2n) is 12.4. The number of phenols is 1. The van der Waals surface area contributed by atoms with Crippen LogP contribution >= 0.6 is 27.3 Å². The molecule has 1 aliphatic rings. The molecule has 0 bridgehead atoms. The van der Waals surface area contributed by atoms with E-state index in [2.05, 4.69) is 28.3 Å². The molecule has 3 atom stereocenters. The Hall–Kier alpha value is -4.15. The third kappa shape index (κ3) is 9.14. The van der Waals surface area contributed by atoms with Crippen molar-refractivity contribution in [1.29, 1.82) is 0 Å². The first-order chi connectivity index (χ1) is 23.8. The van der Waals surface area contributed by atoms with Gasteiger partial charge in [-0.15, -0.1) is 11.3 Å². The van der Waals surface area contributed by atoms with Gasteiger partial charge in [0.2, 0.25) is 5.91 Å². The molecule has 1 aromatic heterocycles. The molecule has 3 aromatic carbocycles. The highest BCUT2D eigenvalue weighted by atomic mass is 79.9. The number of hydrogen-bond donors (Lipinski definition) is 3. The molecule has 1 saturated heterocycles. The van der Waals surface area contributed by atoms with Crippen LogP contribution in [0.2, 0.25) is 0 Å². The monoisotopic (exact) mass is 787 g/mol. The number of likely N-dealkylation sites (N-methyl/N-ethyl adjacent to an activating group) is 1. The van der Waals surface area contributed by atoms with E-state index in [1.165, 1.54) is 47.4 Å². The number of quaternary nitrogens is 1. The van der Waals surface area contributed by atoms with E-state index in [9.17, 15) is 23.1 Å². The van der Waals surface area contributed by atoms with Crippen LogP contribution in [0.25, 0.3) is 0 Å². The van der Waals surface area contributed by atoms with Crippen molar-refractivity contribution in [3.8, 4) is 23.0 Å². The maximum atomic E-state index is 14.1. The highest BCUT2D eigenvalue weighted by Crippen LogP contribution is 2.32. The van der Waals surface area contributed by atoms with Crippen LogP contribution in [-0.2, 0) is 27.9 Å². The van der Waals surface area contributed by atoms with E-state index in [1.807, 2.05) is 18.2 Å². The summed E-state index contributed by atoms with van der Waals surface area (Å²) < 4.78 is 42.8. The zero-order valence-electron chi connectivity index (χ0n) is 27.9. The number of nitrogens with two attached hydrogens (primary N) is 1. The molecule has 0 aliphatic carbocycles. The molecule has 4 aromatic rings. The summed E-state index contributed by atoms with van der Waals surface area (Å²) in [7, 11) is 1.23. The number of urea groups is 1. The van der Waals surface area contributed by atoms with Gasteiger partial charge in [0, 0.05) is 11.3 Å². The van der Waals surface area contributed by atoms with Crippen molar-refractivity contribution in [3.05, 3.63) is 93.8 Å². The number of carbonyl (C=O) groups is 2. The second-order valence-corrected chi connectivity index (χ2v) is 16.6. The SMILES string of the molecule is COc1ccc(C[N+]2(C)CCC[C@H](N(C(=O)Nc3ccc(OS(=O)(=O)c4ccc(Br)s4)cc3)C(=O)[C@@H](N)Cc3ccc(O)cc3)C2)cc1OC. The van der Waals surface area contributed by atoms with Gasteiger partial charge >= 0.3 is 16.1 Å². The molecule has 4 N–H and O–H groups in total. The molecule has 50 heavy (non-hydrogen) atoms. The van der Waals surface area contributed by atoms with Crippen LogP contribution in [0, 0.1) is 0 Å². The van der Waals surface area contributed by atoms with Crippen LogP contribution in [0.4, 0.5) is 10.5 Å². The summed E-state index contributed by atoms with van der Waals surface area (Å²) in [4.78, 5) is 29.3. The Balaban J connectivity index is 1.36. The van der Waals surface area contributed by atoms with Crippen molar-refractivity contribution in [3.63, 3.8) is 0 Å². The number of carbonyl (C=O) groups excluding carboxylic acids is 2. The minimum atomic E-state index is -4.04.